The molecule has 1 atom stereocenters. The van der Waals surface area contributed by atoms with E-state index < -0.39 is 0 Å². The first kappa shape index (κ1) is 12.5. The standard InChI is InChI=1S/C14H19N3O/c1-3-14(11-5-7-13(18)8-6-11)16-12-9-15-17(4-2)10-12/h5-10,14,16,18H,3-4H2,1-2H3. The summed E-state index contributed by atoms with van der Waals surface area (Å²) in [7, 11) is 0. The van der Waals surface area contributed by atoms with Gasteiger partial charge in [-0.1, -0.05) is 19.1 Å². The van der Waals surface area contributed by atoms with E-state index in [1.54, 1.807) is 12.1 Å². The Kier molecular flexibility index (Phi) is 3.87. The molecule has 18 heavy (non-hydrogen) atoms. The molecule has 0 saturated heterocycles. The second-order valence-corrected chi connectivity index (χ2v) is 4.28. The molecule has 1 unspecified atom stereocenters. The molecule has 0 amide bonds. The lowest BCUT2D eigenvalue weighted by Crippen LogP contribution is -2.08. The number of nitrogens with one attached hydrogen (secondary N) is 1. The van der Waals surface area contributed by atoms with Crippen LogP contribution in [0.5, 0.6) is 5.75 Å². The number of aryl methyl sites for hydroxylation is 1. The third kappa shape index (κ3) is 2.83. The lowest BCUT2D eigenvalue weighted by atomic mass is 10.0. The lowest BCUT2D eigenvalue weighted by molar-refractivity contribution is 0.475. The highest BCUT2D eigenvalue weighted by Crippen LogP contribution is 2.23. The summed E-state index contributed by atoms with van der Waals surface area (Å²) in [6.07, 6.45) is 4.82. The molecule has 4 heteroatoms. The van der Waals surface area contributed by atoms with E-state index in [0.717, 1.165) is 18.7 Å². The van der Waals surface area contributed by atoms with Crippen molar-refractivity contribution in [2.45, 2.75) is 32.9 Å². The van der Waals surface area contributed by atoms with Crippen molar-refractivity contribution in [2.24, 2.45) is 0 Å². The van der Waals surface area contributed by atoms with Crippen molar-refractivity contribution < 1.29 is 5.11 Å². The van der Waals surface area contributed by atoms with Gasteiger partial charge in [-0.15, -0.1) is 0 Å². The van der Waals surface area contributed by atoms with Crippen LogP contribution in [-0.4, -0.2) is 14.9 Å². The fraction of sp³-hybridized carbons (Fsp3) is 0.357. The first-order chi connectivity index (χ1) is 8.72. The number of phenols is 1. The van der Waals surface area contributed by atoms with E-state index in [-0.39, 0.29) is 6.04 Å². The maximum atomic E-state index is 9.30. The van der Waals surface area contributed by atoms with Crippen LogP contribution in [0.15, 0.2) is 36.7 Å². The molecule has 0 spiro atoms. The summed E-state index contributed by atoms with van der Waals surface area (Å²) < 4.78 is 1.89. The molecule has 0 bridgehead atoms. The van der Waals surface area contributed by atoms with Crippen molar-refractivity contribution in [3.63, 3.8) is 0 Å². The van der Waals surface area contributed by atoms with Crippen molar-refractivity contribution in [3.05, 3.63) is 42.2 Å². The van der Waals surface area contributed by atoms with Crippen molar-refractivity contribution in [1.82, 2.24) is 9.78 Å². The lowest BCUT2D eigenvalue weighted by Gasteiger charge is -2.17. The predicted octanol–water partition coefficient (Wildman–Crippen LogP) is 3.17. The molecule has 96 valence electrons. The van der Waals surface area contributed by atoms with Crippen molar-refractivity contribution in [1.29, 1.82) is 0 Å². The molecule has 2 N–H and O–H groups in total. The molecule has 0 aliphatic heterocycles. The third-order valence-electron chi connectivity index (χ3n) is 3.00. The highest BCUT2D eigenvalue weighted by molar-refractivity contribution is 5.42. The third-order valence-corrected chi connectivity index (χ3v) is 3.00. The van der Waals surface area contributed by atoms with E-state index in [1.165, 1.54) is 5.56 Å². The van der Waals surface area contributed by atoms with E-state index >= 15 is 0 Å². The summed E-state index contributed by atoms with van der Waals surface area (Å²) in [5, 5.41) is 17.0. The van der Waals surface area contributed by atoms with Gasteiger partial charge in [0.1, 0.15) is 5.75 Å². The molecule has 0 aliphatic carbocycles. The van der Waals surface area contributed by atoms with Crippen LogP contribution in [0, 0.1) is 0 Å². The normalized spacial score (nSPS) is 12.3. The average Bonchev–Trinajstić information content (AvgIpc) is 2.85. The summed E-state index contributed by atoms with van der Waals surface area (Å²) in [6.45, 7) is 5.07. The van der Waals surface area contributed by atoms with E-state index in [4.69, 9.17) is 0 Å². The average molecular weight is 245 g/mol. The van der Waals surface area contributed by atoms with Crippen LogP contribution in [0.1, 0.15) is 31.9 Å². The fourth-order valence-electron chi connectivity index (χ4n) is 1.94. The molecule has 0 saturated carbocycles. The Hall–Kier alpha value is -1.97. The second kappa shape index (κ2) is 5.58. The van der Waals surface area contributed by atoms with Gasteiger partial charge in [0.25, 0.3) is 0 Å². The van der Waals surface area contributed by atoms with Crippen molar-refractivity contribution in [3.8, 4) is 5.75 Å². The van der Waals surface area contributed by atoms with Gasteiger partial charge in [0.05, 0.1) is 17.9 Å². The molecule has 1 heterocycles. The van der Waals surface area contributed by atoms with Crippen LogP contribution in [0.4, 0.5) is 5.69 Å². The molecular weight excluding hydrogens is 226 g/mol. The van der Waals surface area contributed by atoms with Crippen molar-refractivity contribution in [2.75, 3.05) is 5.32 Å². The first-order valence-electron chi connectivity index (χ1n) is 6.30. The van der Waals surface area contributed by atoms with Crippen LogP contribution in [0.3, 0.4) is 0 Å². The Labute approximate surface area is 107 Å². The SMILES string of the molecule is CCC(Nc1cnn(CC)c1)c1ccc(O)cc1. The number of hydrogen-bond donors (Lipinski definition) is 2. The Morgan fingerprint density at radius 2 is 2.00 bits per heavy atom. The van der Waals surface area contributed by atoms with Crippen LogP contribution in [-0.2, 0) is 6.54 Å². The zero-order valence-corrected chi connectivity index (χ0v) is 10.8. The fourth-order valence-corrected chi connectivity index (χ4v) is 1.94. The molecular formula is C14H19N3O. The number of aromatic hydroxyl groups is 1. The van der Waals surface area contributed by atoms with Gasteiger partial charge in [-0.3, -0.25) is 4.68 Å². The Morgan fingerprint density at radius 1 is 1.28 bits per heavy atom. The number of phenolic OH excluding ortho intramolecular Hbond substituents is 1. The molecule has 1 aromatic carbocycles. The Morgan fingerprint density at radius 3 is 2.56 bits per heavy atom. The summed E-state index contributed by atoms with van der Waals surface area (Å²) >= 11 is 0. The van der Waals surface area contributed by atoms with Gasteiger partial charge in [-0.05, 0) is 31.0 Å². The molecule has 0 fully saturated rings. The maximum absolute atomic E-state index is 9.30. The van der Waals surface area contributed by atoms with E-state index in [0.29, 0.717) is 5.75 Å². The van der Waals surface area contributed by atoms with Crippen LogP contribution in [0.25, 0.3) is 0 Å². The van der Waals surface area contributed by atoms with Crippen LogP contribution < -0.4 is 5.32 Å². The minimum absolute atomic E-state index is 0.236. The van der Waals surface area contributed by atoms with Gasteiger partial charge in [-0.2, -0.15) is 5.10 Å². The topological polar surface area (TPSA) is 50.1 Å². The highest BCUT2D eigenvalue weighted by atomic mass is 16.3. The number of aromatic nitrogens is 2. The minimum atomic E-state index is 0.236. The molecule has 4 nitrogen and oxygen atoms in total. The maximum Gasteiger partial charge on any atom is 0.115 e. The molecule has 1 aromatic heterocycles. The predicted molar refractivity (Wildman–Crippen MR) is 72.7 cm³/mol. The zero-order chi connectivity index (χ0) is 13.0. The molecule has 2 rings (SSSR count). The zero-order valence-electron chi connectivity index (χ0n) is 10.8. The number of benzene rings is 1. The Bertz CT molecular complexity index is 490. The highest BCUT2D eigenvalue weighted by Gasteiger charge is 2.09. The number of nitrogens with zero attached hydrogens (tertiary/aromatic N) is 2. The van der Waals surface area contributed by atoms with E-state index in [9.17, 15) is 5.11 Å². The van der Waals surface area contributed by atoms with Gasteiger partial charge in [0.2, 0.25) is 0 Å². The van der Waals surface area contributed by atoms with Crippen molar-refractivity contribution >= 4 is 5.69 Å². The summed E-state index contributed by atoms with van der Waals surface area (Å²) in [4.78, 5) is 0. The van der Waals surface area contributed by atoms with Gasteiger partial charge < -0.3 is 10.4 Å². The van der Waals surface area contributed by atoms with Crippen LogP contribution >= 0.6 is 0 Å². The quantitative estimate of drug-likeness (QED) is 0.850. The summed E-state index contributed by atoms with van der Waals surface area (Å²) in [5.74, 6) is 0.299. The smallest absolute Gasteiger partial charge is 0.115 e. The molecule has 2 aromatic rings. The Balaban J connectivity index is 2.11. The van der Waals surface area contributed by atoms with Gasteiger partial charge in [0, 0.05) is 12.7 Å². The van der Waals surface area contributed by atoms with Gasteiger partial charge >= 0.3 is 0 Å². The minimum Gasteiger partial charge on any atom is -0.508 e. The monoisotopic (exact) mass is 245 g/mol. The largest absolute Gasteiger partial charge is 0.508 e. The number of rotatable bonds is 5. The second-order valence-electron chi connectivity index (χ2n) is 4.28. The summed E-state index contributed by atoms with van der Waals surface area (Å²) in [5.41, 5.74) is 2.19. The molecule has 0 radical (unpaired) electrons. The molecule has 0 aliphatic rings. The summed E-state index contributed by atoms with van der Waals surface area (Å²) in [6, 6.07) is 7.56. The number of anilines is 1. The van der Waals surface area contributed by atoms with Gasteiger partial charge in [0.15, 0.2) is 0 Å². The van der Waals surface area contributed by atoms with E-state index in [1.807, 2.05) is 29.2 Å². The van der Waals surface area contributed by atoms with Crippen LogP contribution in [0.2, 0.25) is 0 Å². The van der Waals surface area contributed by atoms with Gasteiger partial charge in [-0.25, -0.2) is 0 Å². The van der Waals surface area contributed by atoms with E-state index in [2.05, 4.69) is 24.3 Å². The first-order valence-corrected chi connectivity index (χ1v) is 6.30. The number of hydrogen-bond acceptors (Lipinski definition) is 3.